The van der Waals surface area contributed by atoms with Crippen molar-refractivity contribution in [1.29, 1.82) is 0 Å². The summed E-state index contributed by atoms with van der Waals surface area (Å²) >= 11 is 0. The van der Waals surface area contributed by atoms with Gasteiger partial charge in [0, 0.05) is 22.9 Å². The van der Waals surface area contributed by atoms with E-state index in [0.717, 1.165) is 71.7 Å². The summed E-state index contributed by atoms with van der Waals surface area (Å²) in [5, 5.41) is 4.91. The molecule has 4 aromatic carbocycles. The van der Waals surface area contributed by atoms with Crippen LogP contribution in [-0.4, -0.2) is 15.0 Å². The molecule has 8 rings (SSSR count). The molecule has 2 heterocycles. The molecule has 0 spiro atoms. The van der Waals surface area contributed by atoms with E-state index < -0.39 is 0 Å². The van der Waals surface area contributed by atoms with Crippen LogP contribution in [0.1, 0.15) is 44.7 Å². The van der Waals surface area contributed by atoms with E-state index in [-0.39, 0.29) is 0 Å². The van der Waals surface area contributed by atoms with Crippen LogP contribution in [0, 0.1) is 5.92 Å². The highest BCUT2D eigenvalue weighted by molar-refractivity contribution is 6.13. The van der Waals surface area contributed by atoms with Crippen molar-refractivity contribution in [3.05, 3.63) is 157 Å². The van der Waals surface area contributed by atoms with E-state index in [1.807, 2.05) is 24.4 Å². The number of rotatable bonds is 4. The van der Waals surface area contributed by atoms with Gasteiger partial charge in [0.05, 0.1) is 17.1 Å². The van der Waals surface area contributed by atoms with Crippen LogP contribution in [0.5, 0.6) is 0 Å². The maximum Gasteiger partial charge on any atom is 0.160 e. The molecule has 2 aliphatic rings. The molecule has 3 heteroatoms. The molecule has 2 aromatic heterocycles. The van der Waals surface area contributed by atoms with Gasteiger partial charge in [-0.1, -0.05) is 116 Å². The molecular weight excluding hydrogens is 571 g/mol. The molecule has 0 aliphatic heterocycles. The zero-order chi connectivity index (χ0) is 31.6. The number of benzene rings is 4. The summed E-state index contributed by atoms with van der Waals surface area (Å²) < 4.78 is 0. The minimum atomic E-state index is 0.542. The van der Waals surface area contributed by atoms with E-state index in [1.165, 1.54) is 38.3 Å². The maximum absolute atomic E-state index is 5.36. The fourth-order valence-electron chi connectivity index (χ4n) is 7.05. The van der Waals surface area contributed by atoms with Crippen LogP contribution in [0.25, 0.3) is 61.0 Å². The quantitative estimate of drug-likeness (QED) is 0.148. The average Bonchev–Trinajstić information content (AvgIpc) is 3.14. The molecule has 0 saturated carbocycles. The molecule has 6 aromatic rings. The van der Waals surface area contributed by atoms with Gasteiger partial charge in [0.25, 0.3) is 0 Å². The highest BCUT2D eigenvalue weighted by Crippen LogP contribution is 2.39. The van der Waals surface area contributed by atoms with Gasteiger partial charge in [-0.15, -0.1) is 0 Å². The molecule has 0 bridgehead atoms. The molecule has 0 amide bonds. The molecule has 2 aliphatic carbocycles. The lowest BCUT2D eigenvalue weighted by Crippen LogP contribution is -2.05. The van der Waals surface area contributed by atoms with Gasteiger partial charge >= 0.3 is 0 Å². The second-order valence-electron chi connectivity index (χ2n) is 12.7. The lowest BCUT2D eigenvalue weighted by molar-refractivity contribution is 0.655. The molecule has 0 unspecified atom stereocenters. The third-order valence-corrected chi connectivity index (χ3v) is 9.52. The number of aromatic nitrogens is 3. The Labute approximate surface area is 276 Å². The standard InChI is InChI=1S/C44H37N3/c1-30-12-10-16-31-14-2-4-17-35(31)39(21-11-13-30)42-29-43(40-28-34-15-3-5-18-36(34)37-19-6-7-20-38(37)40)47-44(46-42)33-25-23-32(24-26-33)41-22-8-9-27-45-41/h2-3,5-10,12,14-15,18-30H,4,11,13,16-17H2,1H3/b12-10-,39-21+/t30-/m1/s1. The van der Waals surface area contributed by atoms with Crippen LogP contribution in [0.4, 0.5) is 0 Å². The average molecular weight is 608 g/mol. The van der Waals surface area contributed by atoms with Crippen molar-refractivity contribution in [3.8, 4) is 33.9 Å². The predicted octanol–water partition coefficient (Wildman–Crippen LogP) is 11.6. The number of fused-ring (bicyclic) bond motifs is 3. The van der Waals surface area contributed by atoms with Crippen molar-refractivity contribution in [2.45, 2.75) is 39.0 Å². The molecule has 0 N–H and O–H groups in total. The lowest BCUT2D eigenvalue weighted by Gasteiger charge is -2.21. The Hall–Kier alpha value is -5.41. The zero-order valence-corrected chi connectivity index (χ0v) is 26.7. The summed E-state index contributed by atoms with van der Waals surface area (Å²) in [5.74, 6) is 1.28. The van der Waals surface area contributed by atoms with E-state index in [4.69, 9.17) is 9.97 Å². The fourth-order valence-corrected chi connectivity index (χ4v) is 7.05. The van der Waals surface area contributed by atoms with Crippen molar-refractivity contribution in [1.82, 2.24) is 15.0 Å². The number of hydrogen-bond acceptors (Lipinski definition) is 3. The lowest BCUT2D eigenvalue weighted by atomic mass is 9.85. The van der Waals surface area contributed by atoms with Gasteiger partial charge < -0.3 is 0 Å². The van der Waals surface area contributed by atoms with Crippen LogP contribution < -0.4 is 0 Å². The summed E-state index contributed by atoms with van der Waals surface area (Å²) in [7, 11) is 0. The van der Waals surface area contributed by atoms with Crippen LogP contribution in [0.2, 0.25) is 0 Å². The summed E-state index contributed by atoms with van der Waals surface area (Å²) in [6, 6.07) is 36.4. The van der Waals surface area contributed by atoms with Crippen molar-refractivity contribution in [2.24, 2.45) is 5.92 Å². The van der Waals surface area contributed by atoms with E-state index in [9.17, 15) is 0 Å². The Morgan fingerprint density at radius 2 is 1.43 bits per heavy atom. The first-order valence-corrected chi connectivity index (χ1v) is 16.8. The highest BCUT2D eigenvalue weighted by Gasteiger charge is 2.20. The van der Waals surface area contributed by atoms with E-state index in [0.29, 0.717) is 5.92 Å². The summed E-state index contributed by atoms with van der Waals surface area (Å²) in [5.41, 5.74) is 10.2. The second-order valence-corrected chi connectivity index (χ2v) is 12.7. The molecule has 228 valence electrons. The number of nitrogens with zero attached hydrogens (tertiary/aromatic N) is 3. The van der Waals surface area contributed by atoms with Gasteiger partial charge in [0.1, 0.15) is 0 Å². The summed E-state index contributed by atoms with van der Waals surface area (Å²) in [6.07, 6.45) is 18.8. The summed E-state index contributed by atoms with van der Waals surface area (Å²) in [4.78, 5) is 15.2. The minimum absolute atomic E-state index is 0.542. The predicted molar refractivity (Wildman–Crippen MR) is 197 cm³/mol. The fraction of sp³-hybridized carbons (Fsp3) is 0.159. The van der Waals surface area contributed by atoms with Crippen molar-refractivity contribution >= 4 is 27.1 Å². The Morgan fingerprint density at radius 3 is 2.28 bits per heavy atom. The third kappa shape index (κ3) is 5.86. The molecule has 1 atom stereocenters. The normalized spacial score (nSPS) is 18.5. The minimum Gasteiger partial charge on any atom is -0.256 e. The van der Waals surface area contributed by atoms with Gasteiger partial charge in [-0.05, 0) is 101 Å². The second kappa shape index (κ2) is 12.8. The zero-order valence-electron chi connectivity index (χ0n) is 26.7. The SMILES string of the molecule is C[C@@H]1/C=C\CC2=C(CCC=C2)/C(c2cc(-c3cc4ccccc4c4ccccc34)nc(-c3ccc(-c4ccccn4)cc3)n2)=C\CC1. The smallest absolute Gasteiger partial charge is 0.160 e. The Morgan fingerprint density at radius 1 is 0.660 bits per heavy atom. The Bertz CT molecular complexity index is 2220. The van der Waals surface area contributed by atoms with Crippen LogP contribution in [0.15, 0.2) is 151 Å². The largest absolute Gasteiger partial charge is 0.256 e. The van der Waals surface area contributed by atoms with Crippen LogP contribution >= 0.6 is 0 Å². The first-order valence-electron chi connectivity index (χ1n) is 16.8. The van der Waals surface area contributed by atoms with Gasteiger partial charge in [-0.3, -0.25) is 4.98 Å². The number of hydrogen-bond donors (Lipinski definition) is 0. The molecule has 0 saturated heterocycles. The molecule has 3 nitrogen and oxygen atoms in total. The highest BCUT2D eigenvalue weighted by atomic mass is 14.9. The molecular formula is C44H37N3. The van der Waals surface area contributed by atoms with Crippen molar-refractivity contribution in [2.75, 3.05) is 0 Å². The third-order valence-electron chi connectivity index (χ3n) is 9.52. The van der Waals surface area contributed by atoms with Gasteiger partial charge in [-0.25, -0.2) is 9.97 Å². The van der Waals surface area contributed by atoms with Crippen LogP contribution in [-0.2, 0) is 0 Å². The summed E-state index contributed by atoms with van der Waals surface area (Å²) in [6.45, 7) is 2.32. The van der Waals surface area contributed by atoms with E-state index in [1.54, 1.807) is 0 Å². The number of pyridine rings is 1. The van der Waals surface area contributed by atoms with E-state index in [2.05, 4.69) is 127 Å². The molecule has 0 radical (unpaired) electrons. The number of allylic oxidation sites excluding steroid dienone is 8. The van der Waals surface area contributed by atoms with Crippen LogP contribution in [0.3, 0.4) is 0 Å². The first kappa shape index (κ1) is 29.0. The Kier molecular flexibility index (Phi) is 7.88. The van der Waals surface area contributed by atoms with Gasteiger partial charge in [-0.2, -0.15) is 0 Å². The van der Waals surface area contributed by atoms with Gasteiger partial charge in [0.2, 0.25) is 0 Å². The maximum atomic E-state index is 5.36. The van der Waals surface area contributed by atoms with E-state index >= 15 is 0 Å². The monoisotopic (exact) mass is 607 g/mol. The Balaban J connectivity index is 1.35. The van der Waals surface area contributed by atoms with Crippen molar-refractivity contribution in [3.63, 3.8) is 0 Å². The molecule has 47 heavy (non-hydrogen) atoms. The molecule has 0 fully saturated rings. The van der Waals surface area contributed by atoms with Crippen molar-refractivity contribution < 1.29 is 0 Å². The first-order chi connectivity index (χ1) is 23.2. The van der Waals surface area contributed by atoms with Gasteiger partial charge in [0.15, 0.2) is 5.82 Å². The topological polar surface area (TPSA) is 38.7 Å².